The van der Waals surface area contributed by atoms with Gasteiger partial charge in [0.1, 0.15) is 0 Å². The maximum absolute atomic E-state index is 3.41. The summed E-state index contributed by atoms with van der Waals surface area (Å²) in [6.07, 6.45) is 14.9. The van der Waals surface area contributed by atoms with E-state index in [9.17, 15) is 0 Å². The molecule has 2 heteroatoms. The molecule has 2 aliphatic carbocycles. The lowest BCUT2D eigenvalue weighted by Gasteiger charge is -2.45. The van der Waals surface area contributed by atoms with E-state index in [-0.39, 0.29) is 0 Å². The van der Waals surface area contributed by atoms with Gasteiger partial charge in [0.05, 0.1) is 0 Å². The van der Waals surface area contributed by atoms with Crippen molar-refractivity contribution in [2.75, 3.05) is 26.2 Å². The Labute approximate surface area is 112 Å². The van der Waals surface area contributed by atoms with Crippen molar-refractivity contribution in [3.05, 3.63) is 0 Å². The van der Waals surface area contributed by atoms with Crippen molar-refractivity contribution in [1.82, 2.24) is 10.6 Å². The molecule has 2 heterocycles. The van der Waals surface area contributed by atoms with Crippen LogP contribution in [-0.4, -0.2) is 26.2 Å². The Bertz CT molecular complexity index is 222. The van der Waals surface area contributed by atoms with Gasteiger partial charge in [0.25, 0.3) is 0 Å². The van der Waals surface area contributed by atoms with Gasteiger partial charge in [-0.3, -0.25) is 0 Å². The van der Waals surface area contributed by atoms with E-state index in [0.717, 1.165) is 10.8 Å². The summed E-state index contributed by atoms with van der Waals surface area (Å²) in [5.74, 6) is 0. The van der Waals surface area contributed by atoms with Crippen LogP contribution in [0.4, 0.5) is 0 Å². The van der Waals surface area contributed by atoms with Crippen molar-refractivity contribution in [2.24, 2.45) is 10.8 Å². The lowest BCUT2D eigenvalue weighted by molar-refractivity contribution is 0.0864. The van der Waals surface area contributed by atoms with Gasteiger partial charge < -0.3 is 10.6 Å². The van der Waals surface area contributed by atoms with E-state index in [0.29, 0.717) is 0 Å². The first kappa shape index (κ1) is 12.9. The van der Waals surface area contributed by atoms with Crippen LogP contribution in [-0.2, 0) is 0 Å². The van der Waals surface area contributed by atoms with E-state index in [1.165, 1.54) is 90.4 Å². The van der Waals surface area contributed by atoms with E-state index in [1.807, 2.05) is 0 Å². The SMILES string of the molecule is C1CC2(C1)CCNCC2.C1CCC2(CC1)CNC2. The molecule has 2 N–H and O–H groups in total. The molecule has 2 spiro atoms. The predicted molar refractivity (Wildman–Crippen MR) is 76.8 cm³/mol. The number of rotatable bonds is 0. The molecule has 0 amide bonds. The summed E-state index contributed by atoms with van der Waals surface area (Å²) in [4.78, 5) is 0. The van der Waals surface area contributed by atoms with E-state index in [1.54, 1.807) is 0 Å². The molecular formula is C16H30N2. The predicted octanol–water partition coefficient (Wildman–Crippen LogP) is 3.08. The summed E-state index contributed by atoms with van der Waals surface area (Å²) in [7, 11) is 0. The summed E-state index contributed by atoms with van der Waals surface area (Å²) in [5, 5.41) is 6.78. The van der Waals surface area contributed by atoms with E-state index in [2.05, 4.69) is 10.6 Å². The Morgan fingerprint density at radius 3 is 1.44 bits per heavy atom. The third-order valence-corrected chi connectivity index (χ3v) is 5.99. The monoisotopic (exact) mass is 250 g/mol. The summed E-state index contributed by atoms with van der Waals surface area (Å²) in [5.41, 5.74) is 1.63. The van der Waals surface area contributed by atoms with Crippen molar-refractivity contribution in [3.8, 4) is 0 Å². The van der Waals surface area contributed by atoms with Crippen LogP contribution < -0.4 is 10.6 Å². The Balaban J connectivity index is 0.000000111. The van der Waals surface area contributed by atoms with Crippen LogP contribution in [0, 0.1) is 10.8 Å². The molecule has 0 aromatic rings. The summed E-state index contributed by atoms with van der Waals surface area (Å²) in [6, 6.07) is 0. The summed E-state index contributed by atoms with van der Waals surface area (Å²) in [6.45, 7) is 5.18. The maximum Gasteiger partial charge on any atom is 0.00202 e. The van der Waals surface area contributed by atoms with Crippen molar-refractivity contribution in [1.29, 1.82) is 0 Å². The van der Waals surface area contributed by atoms with E-state index < -0.39 is 0 Å². The Kier molecular flexibility index (Phi) is 3.95. The average Bonchev–Trinajstić information content (AvgIpc) is 2.38. The normalized spacial score (nSPS) is 32.0. The van der Waals surface area contributed by atoms with Gasteiger partial charge in [-0.25, -0.2) is 0 Å². The topological polar surface area (TPSA) is 24.1 Å². The fourth-order valence-corrected chi connectivity index (χ4v) is 4.27. The second kappa shape index (κ2) is 5.50. The Morgan fingerprint density at radius 2 is 1.11 bits per heavy atom. The highest BCUT2D eigenvalue weighted by atomic mass is 15.0. The highest BCUT2D eigenvalue weighted by Crippen LogP contribution is 2.47. The zero-order valence-corrected chi connectivity index (χ0v) is 11.9. The summed E-state index contributed by atoms with van der Waals surface area (Å²) >= 11 is 0. The fourth-order valence-electron chi connectivity index (χ4n) is 4.27. The molecule has 2 saturated carbocycles. The molecule has 4 aliphatic rings. The van der Waals surface area contributed by atoms with Gasteiger partial charge in [-0.1, -0.05) is 25.7 Å². The Morgan fingerprint density at radius 1 is 0.500 bits per heavy atom. The van der Waals surface area contributed by atoms with Crippen LogP contribution >= 0.6 is 0 Å². The zero-order valence-electron chi connectivity index (χ0n) is 11.9. The van der Waals surface area contributed by atoms with Crippen molar-refractivity contribution in [3.63, 3.8) is 0 Å². The third-order valence-electron chi connectivity index (χ3n) is 5.99. The highest BCUT2D eigenvalue weighted by molar-refractivity contribution is 4.93. The molecule has 0 bridgehead atoms. The average molecular weight is 250 g/mol. The van der Waals surface area contributed by atoms with Crippen molar-refractivity contribution < 1.29 is 0 Å². The van der Waals surface area contributed by atoms with Gasteiger partial charge >= 0.3 is 0 Å². The van der Waals surface area contributed by atoms with Gasteiger partial charge in [0.15, 0.2) is 0 Å². The molecule has 4 rings (SSSR count). The molecule has 4 fully saturated rings. The number of hydrogen-bond acceptors (Lipinski definition) is 2. The molecule has 2 aliphatic heterocycles. The van der Waals surface area contributed by atoms with Gasteiger partial charge in [0, 0.05) is 13.1 Å². The fraction of sp³-hybridized carbons (Fsp3) is 1.00. The maximum atomic E-state index is 3.41. The van der Waals surface area contributed by atoms with Crippen molar-refractivity contribution in [2.45, 2.75) is 64.2 Å². The minimum atomic E-state index is 0.790. The quantitative estimate of drug-likeness (QED) is 0.690. The molecule has 0 radical (unpaired) electrons. The van der Waals surface area contributed by atoms with Crippen LogP contribution in [0.1, 0.15) is 64.2 Å². The standard InChI is InChI=1S/2C8H15N/c1-2-8(3-1)4-6-9-7-5-8;1-2-4-8(5-3-1)6-9-7-8/h2*9H,1-7H2. The molecule has 104 valence electrons. The van der Waals surface area contributed by atoms with Crippen LogP contribution in [0.15, 0.2) is 0 Å². The third kappa shape index (κ3) is 2.75. The molecule has 0 aromatic carbocycles. The second-order valence-corrected chi connectivity index (χ2v) is 7.27. The van der Waals surface area contributed by atoms with Gasteiger partial charge in [0.2, 0.25) is 0 Å². The lowest BCUT2D eigenvalue weighted by atomic mass is 9.63. The first-order valence-corrected chi connectivity index (χ1v) is 8.24. The first-order valence-electron chi connectivity index (χ1n) is 8.24. The minimum Gasteiger partial charge on any atom is -0.317 e. The Hall–Kier alpha value is -0.0800. The molecule has 2 nitrogen and oxygen atoms in total. The molecule has 2 saturated heterocycles. The largest absolute Gasteiger partial charge is 0.317 e. The van der Waals surface area contributed by atoms with Gasteiger partial charge in [-0.05, 0) is 62.4 Å². The highest BCUT2D eigenvalue weighted by Gasteiger charge is 2.37. The smallest absolute Gasteiger partial charge is 0.00202 e. The molecule has 0 aromatic heterocycles. The van der Waals surface area contributed by atoms with Crippen LogP contribution in [0.5, 0.6) is 0 Å². The van der Waals surface area contributed by atoms with Crippen LogP contribution in [0.2, 0.25) is 0 Å². The lowest BCUT2D eigenvalue weighted by Crippen LogP contribution is -2.54. The minimum absolute atomic E-state index is 0.790. The molecule has 0 atom stereocenters. The number of hydrogen-bond donors (Lipinski definition) is 2. The zero-order chi connectivity index (χ0) is 12.3. The molecule has 18 heavy (non-hydrogen) atoms. The van der Waals surface area contributed by atoms with Crippen molar-refractivity contribution >= 4 is 0 Å². The molecular weight excluding hydrogens is 220 g/mol. The van der Waals surface area contributed by atoms with Gasteiger partial charge in [-0.2, -0.15) is 0 Å². The van der Waals surface area contributed by atoms with Crippen LogP contribution in [0.25, 0.3) is 0 Å². The van der Waals surface area contributed by atoms with Crippen LogP contribution in [0.3, 0.4) is 0 Å². The number of piperidine rings is 1. The van der Waals surface area contributed by atoms with Gasteiger partial charge in [-0.15, -0.1) is 0 Å². The number of nitrogens with one attached hydrogen (secondary N) is 2. The second-order valence-electron chi connectivity index (χ2n) is 7.27. The van der Waals surface area contributed by atoms with E-state index in [4.69, 9.17) is 0 Å². The summed E-state index contributed by atoms with van der Waals surface area (Å²) < 4.78 is 0. The van der Waals surface area contributed by atoms with E-state index >= 15 is 0 Å². The molecule has 0 unspecified atom stereocenters. The first-order chi connectivity index (χ1) is 8.83.